The Kier molecular flexibility index (Phi) is 6.52. The number of nitrogens with one attached hydrogen (secondary N) is 1. The van der Waals surface area contributed by atoms with Gasteiger partial charge in [-0.1, -0.05) is 11.6 Å². The number of anilines is 2. The van der Waals surface area contributed by atoms with Crippen LogP contribution in [0.5, 0.6) is 0 Å². The summed E-state index contributed by atoms with van der Waals surface area (Å²) in [4.78, 5) is 33.7. The third-order valence-electron chi connectivity index (χ3n) is 5.37. The van der Waals surface area contributed by atoms with Crippen molar-refractivity contribution in [3.63, 3.8) is 0 Å². The molecule has 0 spiro atoms. The van der Waals surface area contributed by atoms with E-state index in [0.29, 0.717) is 49.1 Å². The smallest absolute Gasteiger partial charge is 0.355 e. The number of hydrogen-bond donors (Lipinski definition) is 1. The van der Waals surface area contributed by atoms with Gasteiger partial charge in [-0.25, -0.2) is 4.98 Å². The first kappa shape index (κ1) is 22.7. The summed E-state index contributed by atoms with van der Waals surface area (Å²) in [7, 11) is 0. The Hall–Kier alpha value is -2.46. The second-order valence-corrected chi connectivity index (χ2v) is 9.25. The van der Waals surface area contributed by atoms with Crippen molar-refractivity contribution in [3.05, 3.63) is 47.1 Å². The molecule has 2 aliphatic rings. The van der Waals surface area contributed by atoms with Gasteiger partial charge in [0.25, 0.3) is 0 Å². The first-order valence-electron chi connectivity index (χ1n) is 10.0. The molecule has 0 saturated carbocycles. The van der Waals surface area contributed by atoms with Crippen molar-refractivity contribution in [2.24, 2.45) is 0 Å². The summed E-state index contributed by atoms with van der Waals surface area (Å²) >= 11 is 7.31. The highest BCUT2D eigenvalue weighted by molar-refractivity contribution is 8.01. The zero-order valence-electron chi connectivity index (χ0n) is 16.9. The van der Waals surface area contributed by atoms with Gasteiger partial charge in [-0.2, -0.15) is 13.2 Å². The number of aromatic nitrogens is 1. The fraction of sp³-hybridized carbons (Fsp3) is 0.381. The summed E-state index contributed by atoms with van der Waals surface area (Å²) in [6.07, 6.45) is -2.88. The van der Waals surface area contributed by atoms with Crippen LogP contribution in [-0.4, -0.2) is 53.1 Å². The summed E-state index contributed by atoms with van der Waals surface area (Å²) in [5.74, 6) is 0.0885. The van der Waals surface area contributed by atoms with Gasteiger partial charge in [-0.15, -0.1) is 11.8 Å². The third kappa shape index (κ3) is 5.12. The van der Waals surface area contributed by atoms with Crippen LogP contribution in [0, 0.1) is 0 Å². The number of halogens is 4. The lowest BCUT2D eigenvalue weighted by molar-refractivity contribution is -0.137. The molecular weight excluding hydrogens is 465 g/mol. The van der Waals surface area contributed by atoms with E-state index in [2.05, 4.69) is 10.3 Å². The minimum absolute atomic E-state index is 0.0666. The van der Waals surface area contributed by atoms with Crippen LogP contribution in [0.4, 0.5) is 24.7 Å². The number of hydrogen-bond acceptors (Lipinski definition) is 5. The predicted molar refractivity (Wildman–Crippen MR) is 117 cm³/mol. The van der Waals surface area contributed by atoms with E-state index in [0.717, 1.165) is 17.2 Å². The maximum atomic E-state index is 12.9. The van der Waals surface area contributed by atoms with Gasteiger partial charge in [0.1, 0.15) is 5.82 Å². The van der Waals surface area contributed by atoms with Crippen molar-refractivity contribution in [2.45, 2.75) is 29.2 Å². The molecule has 1 aromatic carbocycles. The van der Waals surface area contributed by atoms with Crippen LogP contribution in [0.25, 0.3) is 0 Å². The number of nitrogens with zero attached hydrogens (tertiary/aromatic N) is 3. The van der Waals surface area contributed by atoms with Crippen LogP contribution in [0.1, 0.15) is 18.4 Å². The zero-order valence-corrected chi connectivity index (χ0v) is 18.4. The Morgan fingerprint density at radius 1 is 1.19 bits per heavy atom. The summed E-state index contributed by atoms with van der Waals surface area (Å²) in [5, 5.41) is 2.79. The molecule has 4 rings (SSSR count). The van der Waals surface area contributed by atoms with E-state index in [9.17, 15) is 22.8 Å². The fourth-order valence-corrected chi connectivity index (χ4v) is 4.94. The number of fused-ring (bicyclic) bond motifs is 1. The van der Waals surface area contributed by atoms with E-state index >= 15 is 0 Å². The monoisotopic (exact) mass is 484 g/mol. The van der Waals surface area contributed by atoms with Crippen molar-refractivity contribution in [3.8, 4) is 0 Å². The largest absolute Gasteiger partial charge is 0.417 e. The van der Waals surface area contributed by atoms with Crippen LogP contribution in [0.15, 0.2) is 41.4 Å². The lowest BCUT2D eigenvalue weighted by atomic mass is 10.2. The van der Waals surface area contributed by atoms with Crippen LogP contribution in [0.2, 0.25) is 5.02 Å². The summed E-state index contributed by atoms with van der Waals surface area (Å²) < 4.78 is 38.3. The molecule has 2 aliphatic heterocycles. The summed E-state index contributed by atoms with van der Waals surface area (Å²) in [6, 6.07) is 7.61. The number of amides is 2. The third-order valence-corrected chi connectivity index (χ3v) is 6.88. The first-order valence-corrected chi connectivity index (χ1v) is 11.3. The molecule has 170 valence electrons. The second-order valence-electron chi connectivity index (χ2n) is 7.56. The number of carbonyl (C=O) groups excluding carboxylic acids is 2. The minimum atomic E-state index is -4.43. The van der Waals surface area contributed by atoms with Crippen molar-refractivity contribution >= 4 is 46.7 Å². The highest BCUT2D eigenvalue weighted by Crippen LogP contribution is 2.38. The molecule has 2 amide bonds. The molecule has 0 bridgehead atoms. The highest BCUT2D eigenvalue weighted by Gasteiger charge is 2.32. The quantitative estimate of drug-likeness (QED) is 0.704. The van der Waals surface area contributed by atoms with E-state index in [4.69, 9.17) is 11.6 Å². The molecule has 11 heteroatoms. The fourth-order valence-electron chi connectivity index (χ4n) is 3.68. The lowest BCUT2D eigenvalue weighted by Crippen LogP contribution is -2.39. The van der Waals surface area contributed by atoms with Gasteiger partial charge >= 0.3 is 6.18 Å². The van der Waals surface area contributed by atoms with Crippen LogP contribution >= 0.6 is 23.4 Å². The molecule has 1 unspecified atom stereocenters. The zero-order chi connectivity index (χ0) is 22.9. The SMILES string of the molecule is O=C1Nc2cc(Cl)ccc2SC1CC(=O)N1CCCN(c2ccc(C(F)(F)F)cn2)CC1. The first-order chi connectivity index (χ1) is 15.2. The topological polar surface area (TPSA) is 65.5 Å². The van der Waals surface area contributed by atoms with Crippen LogP contribution < -0.4 is 10.2 Å². The Bertz CT molecular complexity index is 1020. The summed E-state index contributed by atoms with van der Waals surface area (Å²) in [6.45, 7) is 1.96. The Morgan fingerprint density at radius 2 is 2.00 bits per heavy atom. The lowest BCUT2D eigenvalue weighted by Gasteiger charge is -2.27. The Morgan fingerprint density at radius 3 is 2.72 bits per heavy atom. The number of thioether (sulfide) groups is 1. The molecule has 1 saturated heterocycles. The van der Waals surface area contributed by atoms with E-state index in [1.807, 2.05) is 11.0 Å². The van der Waals surface area contributed by atoms with Crippen molar-refractivity contribution in [1.82, 2.24) is 9.88 Å². The molecule has 1 N–H and O–H groups in total. The highest BCUT2D eigenvalue weighted by atomic mass is 35.5. The Labute approximate surface area is 192 Å². The minimum Gasteiger partial charge on any atom is -0.355 e. The van der Waals surface area contributed by atoms with E-state index in [1.165, 1.54) is 17.8 Å². The summed E-state index contributed by atoms with van der Waals surface area (Å²) in [5.41, 5.74) is -0.148. The maximum Gasteiger partial charge on any atom is 0.417 e. The number of benzene rings is 1. The van der Waals surface area contributed by atoms with Crippen LogP contribution in [0.3, 0.4) is 0 Å². The number of pyridine rings is 1. The average Bonchev–Trinajstić information content (AvgIpc) is 3.00. The predicted octanol–water partition coefficient (Wildman–Crippen LogP) is 4.30. The van der Waals surface area contributed by atoms with E-state index < -0.39 is 17.0 Å². The molecular formula is C21H20ClF3N4O2S. The second kappa shape index (κ2) is 9.19. The Balaban J connectivity index is 1.36. The van der Waals surface area contributed by atoms with Gasteiger partial charge in [0.2, 0.25) is 11.8 Å². The molecule has 1 atom stereocenters. The number of rotatable bonds is 3. The van der Waals surface area contributed by atoms with Gasteiger partial charge in [0, 0.05) is 48.7 Å². The van der Waals surface area contributed by atoms with E-state index in [1.54, 1.807) is 17.0 Å². The molecule has 2 aromatic rings. The molecule has 1 fully saturated rings. The molecule has 6 nitrogen and oxygen atoms in total. The average molecular weight is 485 g/mol. The van der Waals surface area contributed by atoms with Crippen molar-refractivity contribution < 1.29 is 22.8 Å². The van der Waals surface area contributed by atoms with Crippen molar-refractivity contribution in [1.29, 1.82) is 0 Å². The van der Waals surface area contributed by atoms with E-state index in [-0.39, 0.29) is 18.2 Å². The normalized spacial score (nSPS) is 19.2. The van der Waals surface area contributed by atoms with Gasteiger partial charge in [0.15, 0.2) is 0 Å². The molecule has 1 aromatic heterocycles. The number of alkyl halides is 3. The molecule has 0 radical (unpaired) electrons. The van der Waals surface area contributed by atoms with Crippen molar-refractivity contribution in [2.75, 3.05) is 36.4 Å². The van der Waals surface area contributed by atoms with Gasteiger partial charge in [-0.3, -0.25) is 9.59 Å². The number of carbonyl (C=O) groups is 2. The van der Waals surface area contributed by atoms with Gasteiger partial charge in [0.05, 0.1) is 16.5 Å². The molecule has 3 heterocycles. The maximum absolute atomic E-state index is 12.9. The standard InChI is InChI=1S/C21H20ClF3N4O2S/c22-14-3-4-16-15(10-14)27-20(31)17(32-16)11-19(30)29-7-1-6-28(8-9-29)18-5-2-13(12-26-18)21(23,24)25/h2-5,10,12,17H,1,6-9,11H2,(H,27,31). The molecule has 32 heavy (non-hydrogen) atoms. The van der Waals surface area contributed by atoms with Gasteiger partial charge < -0.3 is 15.1 Å². The van der Waals surface area contributed by atoms with Gasteiger partial charge in [-0.05, 0) is 36.8 Å². The molecule has 0 aliphatic carbocycles. The van der Waals surface area contributed by atoms with Crippen LogP contribution in [-0.2, 0) is 15.8 Å².